The highest BCUT2D eigenvalue weighted by Crippen LogP contribution is 2.32. The van der Waals surface area contributed by atoms with Crippen LogP contribution in [0.4, 0.5) is 0 Å². The molecule has 2 heterocycles. The molecule has 112 valence electrons. The van der Waals surface area contributed by atoms with Gasteiger partial charge in [0.15, 0.2) is 5.75 Å². The summed E-state index contributed by atoms with van der Waals surface area (Å²) in [5, 5.41) is 10.2. The zero-order valence-electron chi connectivity index (χ0n) is 11.3. The summed E-state index contributed by atoms with van der Waals surface area (Å²) in [5.41, 5.74) is 0.527. The second kappa shape index (κ2) is 5.94. The third-order valence-electron chi connectivity index (χ3n) is 2.84. The van der Waals surface area contributed by atoms with Gasteiger partial charge in [0.2, 0.25) is 0 Å². The molecule has 1 aromatic rings. The van der Waals surface area contributed by atoms with Crippen LogP contribution in [-0.2, 0) is 14.3 Å². The first kappa shape index (κ1) is 15.0. The van der Waals surface area contributed by atoms with Crippen molar-refractivity contribution in [2.45, 2.75) is 13.0 Å². The molecule has 0 aromatic carbocycles. The molecule has 1 aliphatic rings. The quantitative estimate of drug-likeness (QED) is 0.791. The number of aliphatic hydroxyl groups is 1. The third kappa shape index (κ3) is 3.81. The number of hydrogen-bond acceptors (Lipinski definition) is 7. The molecule has 0 fully saturated rings. The lowest BCUT2D eigenvalue weighted by molar-refractivity contribution is 0.0853. The van der Waals surface area contributed by atoms with Gasteiger partial charge in [-0.25, -0.2) is 4.98 Å². The molecular formula is C12H17NO6S. The fourth-order valence-corrected chi connectivity index (χ4v) is 2.22. The summed E-state index contributed by atoms with van der Waals surface area (Å²) in [6, 6.07) is 1.64. The summed E-state index contributed by atoms with van der Waals surface area (Å²) < 4.78 is 37.2. The molecule has 0 saturated heterocycles. The van der Waals surface area contributed by atoms with Crippen LogP contribution < -0.4 is 9.47 Å². The zero-order valence-corrected chi connectivity index (χ0v) is 12.1. The largest absolute Gasteiger partial charge is 0.484 e. The second-order valence-corrected chi connectivity index (χ2v) is 6.32. The summed E-state index contributed by atoms with van der Waals surface area (Å²) >= 11 is 0. The predicted octanol–water partition coefficient (Wildman–Crippen LogP) is 0.498. The SMILES string of the molecule is C[C@H](COS(C)(=O)=O)[C@H](O)c1cnc2c(c1)OCCO2. The highest BCUT2D eigenvalue weighted by atomic mass is 32.2. The van der Waals surface area contributed by atoms with Gasteiger partial charge in [-0.3, -0.25) is 4.18 Å². The number of nitrogens with zero attached hydrogens (tertiary/aromatic N) is 1. The van der Waals surface area contributed by atoms with Crippen molar-refractivity contribution in [3.63, 3.8) is 0 Å². The Morgan fingerprint density at radius 3 is 2.85 bits per heavy atom. The fourth-order valence-electron chi connectivity index (χ4n) is 1.76. The Labute approximate surface area is 117 Å². The van der Waals surface area contributed by atoms with Gasteiger partial charge in [0.1, 0.15) is 13.2 Å². The first-order valence-electron chi connectivity index (χ1n) is 6.15. The van der Waals surface area contributed by atoms with Gasteiger partial charge in [0.25, 0.3) is 16.0 Å². The first-order chi connectivity index (χ1) is 9.37. The van der Waals surface area contributed by atoms with E-state index >= 15 is 0 Å². The van der Waals surface area contributed by atoms with Crippen molar-refractivity contribution in [1.29, 1.82) is 0 Å². The number of fused-ring (bicyclic) bond motifs is 1. The molecule has 0 spiro atoms. The van der Waals surface area contributed by atoms with E-state index in [-0.39, 0.29) is 6.61 Å². The van der Waals surface area contributed by atoms with Crippen molar-refractivity contribution < 1.29 is 27.2 Å². The highest BCUT2D eigenvalue weighted by Gasteiger charge is 2.22. The van der Waals surface area contributed by atoms with E-state index in [0.717, 1.165) is 6.26 Å². The fraction of sp³-hybridized carbons (Fsp3) is 0.583. The minimum absolute atomic E-state index is 0.103. The van der Waals surface area contributed by atoms with E-state index in [1.807, 2.05) is 0 Å². The van der Waals surface area contributed by atoms with Crippen molar-refractivity contribution in [2.75, 3.05) is 26.1 Å². The van der Waals surface area contributed by atoms with Crippen LogP contribution in [0, 0.1) is 5.92 Å². The molecule has 1 aromatic heterocycles. The minimum Gasteiger partial charge on any atom is -0.484 e. The first-order valence-corrected chi connectivity index (χ1v) is 7.96. The maximum atomic E-state index is 10.9. The van der Waals surface area contributed by atoms with Gasteiger partial charge in [-0.2, -0.15) is 8.42 Å². The predicted molar refractivity (Wildman–Crippen MR) is 70.1 cm³/mol. The minimum atomic E-state index is -3.52. The van der Waals surface area contributed by atoms with E-state index in [0.29, 0.717) is 30.4 Å². The van der Waals surface area contributed by atoms with Crippen LogP contribution in [0.2, 0.25) is 0 Å². The van der Waals surface area contributed by atoms with Crippen molar-refractivity contribution in [3.8, 4) is 11.6 Å². The molecule has 1 aliphatic heterocycles. The highest BCUT2D eigenvalue weighted by molar-refractivity contribution is 7.85. The van der Waals surface area contributed by atoms with Gasteiger partial charge in [-0.1, -0.05) is 6.92 Å². The Morgan fingerprint density at radius 1 is 1.45 bits per heavy atom. The van der Waals surface area contributed by atoms with E-state index in [1.165, 1.54) is 6.20 Å². The molecule has 0 unspecified atom stereocenters. The number of hydrogen-bond donors (Lipinski definition) is 1. The second-order valence-electron chi connectivity index (χ2n) is 4.68. The average Bonchev–Trinajstić information content (AvgIpc) is 2.42. The maximum Gasteiger partial charge on any atom is 0.264 e. The topological polar surface area (TPSA) is 95.0 Å². The number of ether oxygens (including phenoxy) is 2. The Hall–Kier alpha value is -1.38. The molecule has 0 amide bonds. The van der Waals surface area contributed by atoms with Crippen molar-refractivity contribution in [1.82, 2.24) is 4.98 Å². The monoisotopic (exact) mass is 303 g/mol. The van der Waals surface area contributed by atoms with Crippen LogP contribution in [0.15, 0.2) is 12.3 Å². The van der Waals surface area contributed by atoms with E-state index in [1.54, 1.807) is 13.0 Å². The summed E-state index contributed by atoms with van der Waals surface area (Å²) in [7, 11) is -3.52. The molecule has 7 nitrogen and oxygen atoms in total. The lowest BCUT2D eigenvalue weighted by Crippen LogP contribution is -2.20. The van der Waals surface area contributed by atoms with Crippen LogP contribution >= 0.6 is 0 Å². The normalized spacial score (nSPS) is 17.6. The molecule has 0 saturated carbocycles. The van der Waals surface area contributed by atoms with Crippen LogP contribution in [-0.4, -0.2) is 44.6 Å². The summed E-state index contributed by atoms with van der Waals surface area (Å²) in [6.07, 6.45) is 1.55. The lowest BCUT2D eigenvalue weighted by atomic mass is 9.99. The summed E-state index contributed by atoms with van der Waals surface area (Å²) in [4.78, 5) is 4.07. The maximum absolute atomic E-state index is 10.9. The van der Waals surface area contributed by atoms with Crippen LogP contribution in [0.5, 0.6) is 11.6 Å². The van der Waals surface area contributed by atoms with Crippen molar-refractivity contribution in [2.24, 2.45) is 5.92 Å². The molecule has 20 heavy (non-hydrogen) atoms. The van der Waals surface area contributed by atoms with Gasteiger partial charge < -0.3 is 14.6 Å². The van der Waals surface area contributed by atoms with E-state index in [9.17, 15) is 13.5 Å². The van der Waals surface area contributed by atoms with Crippen LogP contribution in [0.1, 0.15) is 18.6 Å². The van der Waals surface area contributed by atoms with E-state index < -0.39 is 22.1 Å². The van der Waals surface area contributed by atoms with Crippen LogP contribution in [0.3, 0.4) is 0 Å². The van der Waals surface area contributed by atoms with Gasteiger partial charge >= 0.3 is 0 Å². The average molecular weight is 303 g/mol. The molecule has 8 heteroatoms. The molecule has 2 atom stereocenters. The van der Waals surface area contributed by atoms with Crippen molar-refractivity contribution >= 4 is 10.1 Å². The van der Waals surface area contributed by atoms with Crippen LogP contribution in [0.25, 0.3) is 0 Å². The molecule has 0 bridgehead atoms. The number of aliphatic hydroxyl groups excluding tert-OH is 1. The molecule has 1 N–H and O–H groups in total. The molecular weight excluding hydrogens is 286 g/mol. The lowest BCUT2D eigenvalue weighted by Gasteiger charge is -2.21. The Morgan fingerprint density at radius 2 is 2.15 bits per heavy atom. The Bertz CT molecular complexity index is 573. The molecule has 0 aliphatic carbocycles. The standard InChI is InChI=1S/C12H17NO6S/c1-8(7-19-20(2,15)16)11(14)9-5-10-12(13-6-9)18-4-3-17-10/h5-6,8,11,14H,3-4,7H2,1-2H3/t8-,11+/m1/s1. The number of aromatic nitrogens is 1. The van der Waals surface area contributed by atoms with Gasteiger partial charge in [0.05, 0.1) is 19.0 Å². The van der Waals surface area contributed by atoms with Gasteiger partial charge in [-0.15, -0.1) is 0 Å². The summed E-state index contributed by atoms with van der Waals surface area (Å²) in [5.74, 6) is 0.463. The van der Waals surface area contributed by atoms with Crippen molar-refractivity contribution in [3.05, 3.63) is 17.8 Å². The molecule has 2 rings (SSSR count). The van der Waals surface area contributed by atoms with E-state index in [4.69, 9.17) is 9.47 Å². The molecule has 0 radical (unpaired) electrons. The Kier molecular flexibility index (Phi) is 4.46. The van der Waals surface area contributed by atoms with E-state index in [2.05, 4.69) is 9.17 Å². The van der Waals surface area contributed by atoms with Gasteiger partial charge in [0, 0.05) is 17.7 Å². The summed E-state index contributed by atoms with van der Waals surface area (Å²) in [6.45, 7) is 2.46. The zero-order chi connectivity index (χ0) is 14.8. The number of pyridine rings is 1. The smallest absolute Gasteiger partial charge is 0.264 e. The number of rotatable bonds is 5. The third-order valence-corrected chi connectivity index (χ3v) is 3.41. The van der Waals surface area contributed by atoms with Gasteiger partial charge in [-0.05, 0) is 6.07 Å². The Balaban J connectivity index is 2.06.